The number of aromatic nitrogens is 2. The average molecular weight is 357 g/mol. The van der Waals surface area contributed by atoms with Gasteiger partial charge in [0.2, 0.25) is 5.76 Å². The first kappa shape index (κ1) is 17.2. The van der Waals surface area contributed by atoms with Gasteiger partial charge in [-0.25, -0.2) is 0 Å². The molecular weight excluding hydrogens is 334 g/mol. The van der Waals surface area contributed by atoms with Crippen LogP contribution in [-0.2, 0) is 16.1 Å². The maximum Gasteiger partial charge on any atom is 0.292 e. The van der Waals surface area contributed by atoms with Gasteiger partial charge in [-0.05, 0) is 37.5 Å². The quantitative estimate of drug-likeness (QED) is 0.836. The molecule has 1 atom stereocenters. The Kier molecular flexibility index (Phi) is 4.74. The van der Waals surface area contributed by atoms with Gasteiger partial charge in [-0.15, -0.1) is 0 Å². The monoisotopic (exact) mass is 357 g/mol. The van der Waals surface area contributed by atoms with Crippen LogP contribution in [0.25, 0.3) is 0 Å². The molecule has 2 aromatic rings. The number of hydrogen-bond acceptors (Lipinski definition) is 6. The fraction of sp³-hybridized carbons (Fsp3) is 0.526. The molecule has 4 heterocycles. The molecule has 1 amide bonds. The number of rotatable bonds is 4. The summed E-state index contributed by atoms with van der Waals surface area (Å²) >= 11 is 0. The van der Waals surface area contributed by atoms with Crippen molar-refractivity contribution in [3.05, 3.63) is 47.6 Å². The largest absolute Gasteiger partial charge is 0.372 e. The normalized spacial score (nSPS) is 22.0. The van der Waals surface area contributed by atoms with Crippen molar-refractivity contribution in [2.45, 2.75) is 44.5 Å². The van der Waals surface area contributed by atoms with E-state index in [2.05, 4.69) is 10.1 Å². The zero-order valence-corrected chi connectivity index (χ0v) is 14.9. The number of aryl methyl sites for hydroxylation is 1. The molecule has 138 valence electrons. The first-order valence-electron chi connectivity index (χ1n) is 9.01. The molecule has 0 unspecified atom stereocenters. The molecule has 0 radical (unpaired) electrons. The molecule has 0 aliphatic carbocycles. The summed E-state index contributed by atoms with van der Waals surface area (Å²) in [7, 11) is 0. The highest BCUT2D eigenvalue weighted by Crippen LogP contribution is 2.37. The lowest BCUT2D eigenvalue weighted by Crippen LogP contribution is -2.46. The van der Waals surface area contributed by atoms with Crippen LogP contribution in [0.2, 0.25) is 0 Å². The van der Waals surface area contributed by atoms with Gasteiger partial charge in [0, 0.05) is 38.0 Å². The Morgan fingerprint density at radius 1 is 1.35 bits per heavy atom. The number of piperidine rings is 1. The van der Waals surface area contributed by atoms with Crippen molar-refractivity contribution >= 4 is 5.91 Å². The molecule has 2 aromatic heterocycles. The Balaban J connectivity index is 1.28. The van der Waals surface area contributed by atoms with Crippen LogP contribution in [0, 0.1) is 6.92 Å². The van der Waals surface area contributed by atoms with Crippen LogP contribution in [0.3, 0.4) is 0 Å². The van der Waals surface area contributed by atoms with Gasteiger partial charge >= 0.3 is 0 Å². The Labute approximate surface area is 152 Å². The average Bonchev–Trinajstić information content (AvgIpc) is 3.28. The zero-order chi connectivity index (χ0) is 18.0. The number of pyridine rings is 1. The van der Waals surface area contributed by atoms with Crippen LogP contribution >= 0.6 is 0 Å². The fourth-order valence-electron chi connectivity index (χ4n) is 3.69. The second-order valence-corrected chi connectivity index (χ2v) is 7.11. The van der Waals surface area contributed by atoms with E-state index in [4.69, 9.17) is 14.0 Å². The molecule has 2 aliphatic rings. The summed E-state index contributed by atoms with van der Waals surface area (Å²) in [5.74, 6) is 0.216. The van der Waals surface area contributed by atoms with Crippen molar-refractivity contribution in [2.75, 3.05) is 19.7 Å². The zero-order valence-electron chi connectivity index (χ0n) is 14.9. The Morgan fingerprint density at radius 2 is 2.12 bits per heavy atom. The molecule has 2 aliphatic heterocycles. The number of hydrogen-bond donors (Lipinski definition) is 0. The van der Waals surface area contributed by atoms with E-state index in [1.54, 1.807) is 18.5 Å². The van der Waals surface area contributed by atoms with Crippen molar-refractivity contribution < 1.29 is 18.8 Å². The number of carbonyl (C=O) groups excluding carboxylic acids is 1. The van der Waals surface area contributed by atoms with Crippen LogP contribution in [0.15, 0.2) is 35.1 Å². The molecule has 2 saturated heterocycles. The maximum atomic E-state index is 12.5. The third-order valence-electron chi connectivity index (χ3n) is 5.21. The minimum atomic E-state index is -0.170. The van der Waals surface area contributed by atoms with Gasteiger partial charge in [0.25, 0.3) is 5.91 Å². The first-order valence-corrected chi connectivity index (χ1v) is 9.01. The van der Waals surface area contributed by atoms with E-state index in [0.29, 0.717) is 32.1 Å². The number of ether oxygens (including phenoxy) is 2. The Hall–Kier alpha value is -2.25. The lowest BCUT2D eigenvalue weighted by molar-refractivity contribution is -0.0417. The third kappa shape index (κ3) is 3.64. The van der Waals surface area contributed by atoms with Crippen molar-refractivity contribution in [1.29, 1.82) is 0 Å². The standard InChI is InChI=1S/C19H23N3O4/c1-14-10-17(26-21-14)18(23)22-8-4-19(5-9-22)11-16(13-25-19)24-12-15-2-6-20-7-3-15/h2-3,6-7,10,16H,4-5,8-9,11-13H2,1H3/t16-/m0/s1. The summed E-state index contributed by atoms with van der Waals surface area (Å²) in [6.45, 7) is 4.32. The number of amides is 1. The molecule has 26 heavy (non-hydrogen) atoms. The van der Waals surface area contributed by atoms with Gasteiger partial charge < -0.3 is 18.9 Å². The summed E-state index contributed by atoms with van der Waals surface area (Å²) < 4.78 is 17.2. The van der Waals surface area contributed by atoms with E-state index in [-0.39, 0.29) is 17.6 Å². The smallest absolute Gasteiger partial charge is 0.292 e. The van der Waals surface area contributed by atoms with Crippen LogP contribution in [-0.4, -0.2) is 52.3 Å². The van der Waals surface area contributed by atoms with Crippen molar-refractivity contribution in [2.24, 2.45) is 0 Å². The molecule has 2 fully saturated rings. The molecule has 0 bridgehead atoms. The second-order valence-electron chi connectivity index (χ2n) is 7.11. The topological polar surface area (TPSA) is 77.7 Å². The highest BCUT2D eigenvalue weighted by molar-refractivity contribution is 5.91. The van der Waals surface area contributed by atoms with E-state index >= 15 is 0 Å². The molecule has 1 spiro atoms. The fourth-order valence-corrected chi connectivity index (χ4v) is 3.69. The van der Waals surface area contributed by atoms with E-state index in [0.717, 1.165) is 30.5 Å². The maximum absolute atomic E-state index is 12.5. The molecule has 4 rings (SSSR count). The summed E-state index contributed by atoms with van der Waals surface area (Å²) in [6.07, 6.45) is 6.16. The Bertz CT molecular complexity index is 753. The number of nitrogens with zero attached hydrogens (tertiary/aromatic N) is 3. The van der Waals surface area contributed by atoms with Crippen molar-refractivity contribution in [1.82, 2.24) is 15.0 Å². The number of carbonyl (C=O) groups is 1. The third-order valence-corrected chi connectivity index (χ3v) is 5.21. The molecular formula is C19H23N3O4. The van der Waals surface area contributed by atoms with Gasteiger partial charge in [0.15, 0.2) is 0 Å². The summed E-state index contributed by atoms with van der Waals surface area (Å²) in [5, 5.41) is 3.79. The summed E-state index contributed by atoms with van der Waals surface area (Å²) in [6, 6.07) is 5.60. The van der Waals surface area contributed by atoms with Crippen LogP contribution in [0.4, 0.5) is 0 Å². The van der Waals surface area contributed by atoms with Gasteiger partial charge in [0.1, 0.15) is 0 Å². The summed E-state index contributed by atoms with van der Waals surface area (Å²) in [4.78, 5) is 18.3. The van der Waals surface area contributed by atoms with Gasteiger partial charge in [-0.3, -0.25) is 9.78 Å². The SMILES string of the molecule is Cc1cc(C(=O)N2CCC3(CC2)C[C@H](OCc2ccncc2)CO3)on1. The lowest BCUT2D eigenvalue weighted by Gasteiger charge is -2.38. The summed E-state index contributed by atoms with van der Waals surface area (Å²) in [5.41, 5.74) is 1.66. The molecule has 7 nitrogen and oxygen atoms in total. The van der Waals surface area contributed by atoms with Gasteiger partial charge in [0.05, 0.1) is 30.6 Å². The molecule has 7 heteroatoms. The minimum absolute atomic E-state index is 0.0936. The van der Waals surface area contributed by atoms with E-state index in [1.807, 2.05) is 24.0 Å². The first-order chi connectivity index (χ1) is 12.6. The van der Waals surface area contributed by atoms with Crippen LogP contribution in [0.1, 0.15) is 41.1 Å². The molecule has 0 saturated carbocycles. The van der Waals surface area contributed by atoms with Crippen LogP contribution in [0.5, 0.6) is 0 Å². The molecule has 0 N–H and O–H groups in total. The highest BCUT2D eigenvalue weighted by atomic mass is 16.6. The predicted octanol–water partition coefficient (Wildman–Crippen LogP) is 2.36. The van der Waals surface area contributed by atoms with E-state index in [1.165, 1.54) is 0 Å². The van der Waals surface area contributed by atoms with Crippen molar-refractivity contribution in [3.8, 4) is 0 Å². The minimum Gasteiger partial charge on any atom is -0.372 e. The lowest BCUT2D eigenvalue weighted by atomic mass is 9.88. The van der Waals surface area contributed by atoms with Crippen molar-refractivity contribution in [3.63, 3.8) is 0 Å². The van der Waals surface area contributed by atoms with Gasteiger partial charge in [-0.1, -0.05) is 5.16 Å². The van der Waals surface area contributed by atoms with Gasteiger partial charge in [-0.2, -0.15) is 0 Å². The predicted molar refractivity (Wildman–Crippen MR) is 92.5 cm³/mol. The van der Waals surface area contributed by atoms with E-state index < -0.39 is 0 Å². The second kappa shape index (κ2) is 7.17. The van der Waals surface area contributed by atoms with Crippen LogP contribution < -0.4 is 0 Å². The molecule has 0 aromatic carbocycles. The Morgan fingerprint density at radius 3 is 2.81 bits per heavy atom. The highest BCUT2D eigenvalue weighted by Gasteiger charge is 2.44. The van der Waals surface area contributed by atoms with E-state index in [9.17, 15) is 4.79 Å². The number of likely N-dealkylation sites (tertiary alicyclic amines) is 1.